The molecule has 0 bridgehead atoms. The molecular weight excluding hydrogens is 400 g/mol. The second kappa shape index (κ2) is 8.95. The first-order valence-electron chi connectivity index (χ1n) is 8.79. The fourth-order valence-electron chi connectivity index (χ4n) is 2.62. The third kappa shape index (κ3) is 5.05. The Bertz CT molecular complexity index is 975. The summed E-state index contributed by atoms with van der Waals surface area (Å²) in [6.45, 7) is -1.25. The molecule has 0 spiro atoms. The summed E-state index contributed by atoms with van der Waals surface area (Å²) in [5, 5.41) is 3.35. The first-order valence-corrected chi connectivity index (χ1v) is 9.61. The van der Waals surface area contributed by atoms with Gasteiger partial charge < -0.3 is 15.0 Å². The Kier molecular flexibility index (Phi) is 6.38. The molecule has 0 aliphatic rings. The second-order valence-corrected chi connectivity index (χ2v) is 7.35. The molecule has 6 nitrogen and oxygen atoms in total. The molecule has 3 rings (SSSR count). The molecule has 0 radical (unpaired) electrons. The van der Waals surface area contributed by atoms with Crippen molar-refractivity contribution in [3.05, 3.63) is 59.1 Å². The van der Waals surface area contributed by atoms with Crippen LogP contribution < -0.4 is 10.1 Å². The van der Waals surface area contributed by atoms with Crippen molar-refractivity contribution in [2.45, 2.75) is 19.6 Å². The number of carbonyl (C=O) groups excluding carboxylic acids is 2. The predicted octanol–water partition coefficient (Wildman–Crippen LogP) is 3.85. The molecule has 9 heteroatoms. The summed E-state index contributed by atoms with van der Waals surface area (Å²) in [5.41, 5.74) is 1.12. The van der Waals surface area contributed by atoms with Crippen LogP contribution in [0.2, 0.25) is 0 Å². The Hall–Kier alpha value is -3.07. The Morgan fingerprint density at radius 2 is 1.86 bits per heavy atom. The zero-order chi connectivity index (χ0) is 21.0. The number of ether oxygens (including phenoxy) is 1. The van der Waals surface area contributed by atoms with Gasteiger partial charge >= 0.3 is 6.61 Å². The number of fused-ring (bicyclic) bond motifs is 1. The maximum absolute atomic E-state index is 12.5. The summed E-state index contributed by atoms with van der Waals surface area (Å²) in [7, 11) is 1.65. The lowest BCUT2D eigenvalue weighted by molar-refractivity contribution is -0.130. The van der Waals surface area contributed by atoms with Crippen molar-refractivity contribution in [1.82, 2.24) is 15.2 Å². The van der Waals surface area contributed by atoms with Gasteiger partial charge in [0.05, 0.1) is 22.8 Å². The number of nitrogens with one attached hydrogen (secondary N) is 1. The van der Waals surface area contributed by atoms with E-state index in [-0.39, 0.29) is 29.8 Å². The molecule has 1 atom stereocenters. The maximum atomic E-state index is 12.5. The molecule has 3 aromatic rings. The van der Waals surface area contributed by atoms with Gasteiger partial charge in [-0.2, -0.15) is 8.78 Å². The Labute approximate surface area is 170 Å². The molecule has 0 unspecified atom stereocenters. The standard InChI is InChI=1S/C20H19F2N3O3S/c1-12(19-24-15-5-3-4-6-16(15)29-19)25(2)17(26)11-23-18(27)13-7-9-14(10-8-13)28-20(21)22/h3-10,12,20H,11H2,1-2H3,(H,23,27)/t12-/m0/s1. The minimum Gasteiger partial charge on any atom is -0.435 e. The Balaban J connectivity index is 1.57. The molecule has 29 heavy (non-hydrogen) atoms. The minimum absolute atomic E-state index is 0.0444. The van der Waals surface area contributed by atoms with Crippen LogP contribution in [0.3, 0.4) is 0 Å². The van der Waals surface area contributed by atoms with Gasteiger partial charge in [-0.15, -0.1) is 11.3 Å². The van der Waals surface area contributed by atoms with Gasteiger partial charge in [0.1, 0.15) is 10.8 Å². The van der Waals surface area contributed by atoms with E-state index in [1.165, 1.54) is 40.5 Å². The number of carbonyl (C=O) groups is 2. The fourth-order valence-corrected chi connectivity index (χ4v) is 3.68. The zero-order valence-electron chi connectivity index (χ0n) is 15.8. The van der Waals surface area contributed by atoms with Gasteiger partial charge in [-0.25, -0.2) is 4.98 Å². The van der Waals surface area contributed by atoms with E-state index in [1.54, 1.807) is 7.05 Å². The van der Waals surface area contributed by atoms with Crippen LogP contribution in [0, 0.1) is 0 Å². The number of likely N-dealkylation sites (N-methyl/N-ethyl adjacent to an activating group) is 1. The maximum Gasteiger partial charge on any atom is 0.387 e. The van der Waals surface area contributed by atoms with Gasteiger partial charge in [-0.3, -0.25) is 9.59 Å². The highest BCUT2D eigenvalue weighted by molar-refractivity contribution is 7.18. The highest BCUT2D eigenvalue weighted by Crippen LogP contribution is 2.28. The molecule has 0 aliphatic heterocycles. The molecule has 1 heterocycles. The summed E-state index contributed by atoms with van der Waals surface area (Å²) in [5.74, 6) is -0.803. The van der Waals surface area contributed by atoms with Crippen molar-refractivity contribution in [1.29, 1.82) is 0 Å². The molecule has 1 aromatic heterocycles. The molecule has 0 fully saturated rings. The van der Waals surface area contributed by atoms with Crippen LogP contribution in [0.4, 0.5) is 8.78 Å². The van der Waals surface area contributed by atoms with E-state index in [0.717, 1.165) is 15.2 Å². The van der Waals surface area contributed by atoms with E-state index in [0.29, 0.717) is 0 Å². The van der Waals surface area contributed by atoms with Crippen molar-refractivity contribution in [2.75, 3.05) is 13.6 Å². The normalized spacial score (nSPS) is 12.0. The summed E-state index contributed by atoms with van der Waals surface area (Å²) in [6.07, 6.45) is 0. The van der Waals surface area contributed by atoms with Crippen LogP contribution >= 0.6 is 11.3 Å². The van der Waals surface area contributed by atoms with Gasteiger partial charge in [-0.05, 0) is 43.3 Å². The van der Waals surface area contributed by atoms with Gasteiger partial charge in [0, 0.05) is 12.6 Å². The van der Waals surface area contributed by atoms with E-state index >= 15 is 0 Å². The monoisotopic (exact) mass is 419 g/mol. The van der Waals surface area contributed by atoms with Crippen LogP contribution in [0.25, 0.3) is 10.2 Å². The Morgan fingerprint density at radius 1 is 1.17 bits per heavy atom. The van der Waals surface area contributed by atoms with E-state index in [2.05, 4.69) is 15.0 Å². The minimum atomic E-state index is -2.93. The number of halogens is 2. The molecule has 2 aromatic carbocycles. The van der Waals surface area contributed by atoms with E-state index in [4.69, 9.17) is 0 Å². The number of aromatic nitrogens is 1. The van der Waals surface area contributed by atoms with E-state index < -0.39 is 12.5 Å². The SMILES string of the molecule is C[C@@H](c1nc2ccccc2s1)N(C)C(=O)CNC(=O)c1ccc(OC(F)F)cc1. The number of thiazole rings is 1. The smallest absolute Gasteiger partial charge is 0.387 e. The highest BCUT2D eigenvalue weighted by Gasteiger charge is 2.21. The van der Waals surface area contributed by atoms with Crippen LogP contribution in [-0.2, 0) is 4.79 Å². The van der Waals surface area contributed by atoms with Crippen molar-refractivity contribution >= 4 is 33.4 Å². The molecule has 0 saturated heterocycles. The van der Waals surface area contributed by atoms with E-state index in [1.807, 2.05) is 31.2 Å². The largest absolute Gasteiger partial charge is 0.435 e. The number of alkyl halides is 2. The number of rotatable bonds is 7. The topological polar surface area (TPSA) is 71.5 Å². The Morgan fingerprint density at radius 3 is 2.52 bits per heavy atom. The van der Waals surface area contributed by atoms with Gasteiger partial charge in [0.2, 0.25) is 5.91 Å². The summed E-state index contributed by atoms with van der Waals surface area (Å²) in [6, 6.07) is 12.7. The van der Waals surface area contributed by atoms with Crippen LogP contribution in [-0.4, -0.2) is 41.9 Å². The van der Waals surface area contributed by atoms with Crippen LogP contribution in [0.5, 0.6) is 5.75 Å². The summed E-state index contributed by atoms with van der Waals surface area (Å²) in [4.78, 5) is 30.7. The fraction of sp³-hybridized carbons (Fsp3) is 0.250. The average Bonchev–Trinajstić information content (AvgIpc) is 3.15. The van der Waals surface area contributed by atoms with Crippen molar-refractivity contribution in [3.63, 3.8) is 0 Å². The number of para-hydroxylation sites is 1. The molecule has 152 valence electrons. The van der Waals surface area contributed by atoms with Crippen molar-refractivity contribution < 1.29 is 23.1 Å². The van der Waals surface area contributed by atoms with Gasteiger partial charge in [0.25, 0.3) is 5.91 Å². The molecule has 1 N–H and O–H groups in total. The lowest BCUT2D eigenvalue weighted by Crippen LogP contribution is -2.39. The first kappa shape index (κ1) is 20.7. The number of benzene rings is 2. The lowest BCUT2D eigenvalue weighted by Gasteiger charge is -2.23. The van der Waals surface area contributed by atoms with Gasteiger partial charge in [0.15, 0.2) is 0 Å². The highest BCUT2D eigenvalue weighted by atomic mass is 32.1. The van der Waals surface area contributed by atoms with Gasteiger partial charge in [-0.1, -0.05) is 12.1 Å². The van der Waals surface area contributed by atoms with E-state index in [9.17, 15) is 18.4 Å². The quantitative estimate of drug-likeness (QED) is 0.632. The summed E-state index contributed by atoms with van der Waals surface area (Å²) < 4.78 is 29.6. The molecule has 0 saturated carbocycles. The first-order chi connectivity index (χ1) is 13.8. The molecule has 2 amide bonds. The van der Waals surface area contributed by atoms with Crippen molar-refractivity contribution in [2.24, 2.45) is 0 Å². The third-order valence-electron chi connectivity index (χ3n) is 4.38. The van der Waals surface area contributed by atoms with Crippen molar-refractivity contribution in [3.8, 4) is 5.75 Å². The van der Waals surface area contributed by atoms with Crippen LogP contribution in [0.1, 0.15) is 28.3 Å². The molecular formula is C20H19F2N3O3S. The number of nitrogens with zero attached hydrogens (tertiary/aromatic N) is 2. The number of hydrogen-bond acceptors (Lipinski definition) is 5. The summed E-state index contributed by atoms with van der Waals surface area (Å²) >= 11 is 1.52. The zero-order valence-corrected chi connectivity index (χ0v) is 16.6. The second-order valence-electron chi connectivity index (χ2n) is 6.29. The lowest BCUT2D eigenvalue weighted by atomic mass is 10.2. The molecule has 0 aliphatic carbocycles. The van der Waals surface area contributed by atoms with Crippen LogP contribution in [0.15, 0.2) is 48.5 Å². The number of hydrogen-bond donors (Lipinski definition) is 1. The predicted molar refractivity (Wildman–Crippen MR) is 106 cm³/mol. The average molecular weight is 419 g/mol. The number of amides is 2. The third-order valence-corrected chi connectivity index (χ3v) is 5.59.